The van der Waals surface area contributed by atoms with Gasteiger partial charge in [-0.2, -0.15) is 0 Å². The second kappa shape index (κ2) is 15.5. The lowest BCUT2D eigenvalue weighted by atomic mass is 10.1. The van der Waals surface area contributed by atoms with Gasteiger partial charge in [-0.3, -0.25) is 9.59 Å². The summed E-state index contributed by atoms with van der Waals surface area (Å²) in [5.74, 6) is 0.109. The average Bonchev–Trinajstić information content (AvgIpc) is 2.90. The fraction of sp³-hybridized carbons (Fsp3) is 0.429. The van der Waals surface area contributed by atoms with E-state index in [0.717, 1.165) is 76.6 Å². The van der Waals surface area contributed by atoms with Crippen LogP contribution in [0, 0.1) is 0 Å². The molecule has 0 amide bonds. The Morgan fingerprint density at radius 1 is 0.658 bits per heavy atom. The number of piperazine rings is 1. The van der Waals surface area contributed by atoms with Crippen LogP contribution < -0.4 is 21.3 Å². The minimum atomic E-state index is 0.0546. The number of ketones is 2. The summed E-state index contributed by atoms with van der Waals surface area (Å²) in [7, 11) is 0. The number of carbonyl (C=O) groups excluding carboxylic acids is 2. The van der Waals surface area contributed by atoms with Crippen LogP contribution in [0.2, 0.25) is 0 Å². The maximum atomic E-state index is 11.4. The number of anilines is 2. The van der Waals surface area contributed by atoms with E-state index in [1.165, 1.54) is 0 Å². The average molecular weight is 555 g/mol. The number of carbonyl (C=O) groups is 2. The van der Waals surface area contributed by atoms with Gasteiger partial charge in [0.25, 0.3) is 0 Å². The second-order valence-electron chi connectivity index (χ2n) is 9.42. The van der Waals surface area contributed by atoms with Gasteiger partial charge in [0, 0.05) is 61.8 Å². The molecule has 0 spiro atoms. The maximum absolute atomic E-state index is 11.4. The van der Waals surface area contributed by atoms with Gasteiger partial charge in [-0.25, -0.2) is 0 Å². The lowest BCUT2D eigenvalue weighted by molar-refractivity contribution is 0.100. The Kier molecular flexibility index (Phi) is 12.1. The van der Waals surface area contributed by atoms with Crippen LogP contribution in [0.25, 0.3) is 0 Å². The molecule has 0 saturated carbocycles. The third kappa shape index (κ3) is 10.4. The van der Waals surface area contributed by atoms with E-state index in [2.05, 4.69) is 31.1 Å². The first-order valence-corrected chi connectivity index (χ1v) is 13.9. The number of rotatable bonds is 12. The molecule has 2 aromatic carbocycles. The normalized spacial score (nSPS) is 13.9. The molecule has 4 N–H and O–H groups in total. The first kappa shape index (κ1) is 29.6. The number of thiocarbonyl (C=S) groups is 2. The molecular formula is C28H38N6O2S2. The van der Waals surface area contributed by atoms with Crippen molar-refractivity contribution in [3.05, 3.63) is 59.7 Å². The van der Waals surface area contributed by atoms with Crippen LogP contribution in [-0.4, -0.2) is 83.9 Å². The van der Waals surface area contributed by atoms with Crippen LogP contribution in [-0.2, 0) is 0 Å². The minimum absolute atomic E-state index is 0.0546. The van der Waals surface area contributed by atoms with E-state index < -0.39 is 0 Å². The number of benzene rings is 2. The van der Waals surface area contributed by atoms with E-state index in [1.807, 2.05) is 24.3 Å². The molecule has 38 heavy (non-hydrogen) atoms. The maximum Gasteiger partial charge on any atom is 0.170 e. The van der Waals surface area contributed by atoms with Crippen molar-refractivity contribution in [1.82, 2.24) is 20.4 Å². The van der Waals surface area contributed by atoms with Crippen LogP contribution in [0.15, 0.2) is 48.5 Å². The number of nitrogens with zero attached hydrogens (tertiary/aromatic N) is 2. The van der Waals surface area contributed by atoms with E-state index in [-0.39, 0.29) is 11.6 Å². The Balaban J connectivity index is 1.20. The van der Waals surface area contributed by atoms with Gasteiger partial charge in [-0.05, 0) is 113 Å². The fourth-order valence-corrected chi connectivity index (χ4v) is 4.61. The first-order chi connectivity index (χ1) is 18.3. The van der Waals surface area contributed by atoms with Crippen molar-refractivity contribution in [3.63, 3.8) is 0 Å². The van der Waals surface area contributed by atoms with E-state index in [0.29, 0.717) is 21.4 Å². The van der Waals surface area contributed by atoms with Crippen LogP contribution in [0.1, 0.15) is 47.4 Å². The lowest BCUT2D eigenvalue weighted by Gasteiger charge is -2.34. The van der Waals surface area contributed by atoms with Crippen LogP contribution >= 0.6 is 24.4 Å². The summed E-state index contributed by atoms with van der Waals surface area (Å²) in [6, 6.07) is 14.7. The van der Waals surface area contributed by atoms with Gasteiger partial charge in [0.2, 0.25) is 0 Å². The minimum Gasteiger partial charge on any atom is -0.362 e. The number of hydrogen-bond donors (Lipinski definition) is 4. The van der Waals surface area contributed by atoms with Crippen molar-refractivity contribution in [1.29, 1.82) is 0 Å². The topological polar surface area (TPSA) is 88.7 Å². The van der Waals surface area contributed by atoms with Crippen molar-refractivity contribution >= 4 is 57.6 Å². The third-order valence-corrected chi connectivity index (χ3v) is 6.93. The largest absolute Gasteiger partial charge is 0.362 e. The van der Waals surface area contributed by atoms with E-state index in [9.17, 15) is 9.59 Å². The number of Topliss-reactive ketones (excluding diaryl/α,β-unsaturated/α-hetero) is 2. The summed E-state index contributed by atoms with van der Waals surface area (Å²) in [5, 5.41) is 14.0. The Labute approximate surface area is 236 Å². The van der Waals surface area contributed by atoms with Crippen molar-refractivity contribution in [2.24, 2.45) is 0 Å². The van der Waals surface area contributed by atoms with Gasteiger partial charge in [-0.15, -0.1) is 0 Å². The van der Waals surface area contributed by atoms with E-state index in [1.54, 1.807) is 38.1 Å². The highest BCUT2D eigenvalue weighted by molar-refractivity contribution is 7.80. The zero-order valence-electron chi connectivity index (χ0n) is 22.2. The predicted octanol–water partition coefficient (Wildman–Crippen LogP) is 3.76. The molecule has 204 valence electrons. The Bertz CT molecular complexity index is 996. The van der Waals surface area contributed by atoms with Gasteiger partial charge in [-0.1, -0.05) is 0 Å². The molecule has 1 aliphatic rings. The Morgan fingerprint density at radius 2 is 1.00 bits per heavy atom. The molecule has 2 aromatic rings. The molecular weight excluding hydrogens is 516 g/mol. The quantitative estimate of drug-likeness (QED) is 0.177. The van der Waals surface area contributed by atoms with E-state index >= 15 is 0 Å². The smallest absolute Gasteiger partial charge is 0.170 e. The number of hydrogen-bond acceptors (Lipinski definition) is 6. The molecule has 1 saturated heterocycles. The lowest BCUT2D eigenvalue weighted by Crippen LogP contribution is -2.47. The monoisotopic (exact) mass is 554 g/mol. The zero-order chi connectivity index (χ0) is 27.3. The third-order valence-electron chi connectivity index (χ3n) is 6.44. The van der Waals surface area contributed by atoms with Crippen LogP contribution in [0.4, 0.5) is 11.4 Å². The highest BCUT2D eigenvalue weighted by Crippen LogP contribution is 2.11. The van der Waals surface area contributed by atoms with Crippen molar-refractivity contribution in [2.45, 2.75) is 26.7 Å². The van der Waals surface area contributed by atoms with E-state index in [4.69, 9.17) is 24.4 Å². The summed E-state index contributed by atoms with van der Waals surface area (Å²) < 4.78 is 0. The highest BCUT2D eigenvalue weighted by atomic mass is 32.1. The van der Waals surface area contributed by atoms with Gasteiger partial charge in [0.05, 0.1) is 0 Å². The molecule has 1 aliphatic heterocycles. The molecule has 3 rings (SSSR count). The SMILES string of the molecule is CC(=O)c1ccc(NC(=S)NCCCN2CCN(CCCNC(=S)Nc3ccc(C(C)=O)cc3)CC2)cc1. The molecule has 0 unspecified atom stereocenters. The number of nitrogens with one attached hydrogen (secondary N) is 4. The van der Waals surface area contributed by atoms with Crippen LogP contribution in [0.3, 0.4) is 0 Å². The molecule has 0 aromatic heterocycles. The van der Waals surface area contributed by atoms with Gasteiger partial charge >= 0.3 is 0 Å². The second-order valence-corrected chi connectivity index (χ2v) is 10.2. The molecule has 8 nitrogen and oxygen atoms in total. The molecule has 0 radical (unpaired) electrons. The molecule has 0 bridgehead atoms. The zero-order valence-corrected chi connectivity index (χ0v) is 23.9. The fourth-order valence-electron chi connectivity index (χ4n) is 4.17. The summed E-state index contributed by atoms with van der Waals surface area (Å²) in [6.07, 6.45) is 2.05. The van der Waals surface area contributed by atoms with Crippen molar-refractivity contribution in [3.8, 4) is 0 Å². The summed E-state index contributed by atoms with van der Waals surface area (Å²) >= 11 is 10.8. The standard InChI is InChI=1S/C28H38N6O2S2/c1-21(35)23-5-9-25(10-6-23)31-27(37)29-13-3-15-33-17-19-34(20-18-33)16-4-14-30-28(38)32-26-11-7-24(8-12-26)22(2)36/h5-12H,3-4,13-20H2,1-2H3,(H2,29,31,37)(H2,30,32,38). The molecule has 1 fully saturated rings. The van der Waals surface area contributed by atoms with Gasteiger partial charge in [0.15, 0.2) is 21.8 Å². The summed E-state index contributed by atoms with van der Waals surface area (Å²) in [4.78, 5) is 27.8. The molecule has 0 atom stereocenters. The first-order valence-electron chi connectivity index (χ1n) is 13.1. The van der Waals surface area contributed by atoms with Crippen molar-refractivity contribution in [2.75, 3.05) is 63.0 Å². The van der Waals surface area contributed by atoms with Gasteiger partial charge in [0.1, 0.15) is 0 Å². The predicted molar refractivity (Wildman–Crippen MR) is 163 cm³/mol. The Morgan fingerprint density at radius 3 is 1.32 bits per heavy atom. The molecule has 0 aliphatic carbocycles. The van der Waals surface area contributed by atoms with Crippen LogP contribution in [0.5, 0.6) is 0 Å². The molecule has 1 heterocycles. The van der Waals surface area contributed by atoms with Crippen molar-refractivity contribution < 1.29 is 9.59 Å². The highest BCUT2D eigenvalue weighted by Gasteiger charge is 2.16. The Hall–Kier alpha value is -2.92. The molecule has 10 heteroatoms. The summed E-state index contributed by atoms with van der Waals surface area (Å²) in [6.45, 7) is 11.2. The summed E-state index contributed by atoms with van der Waals surface area (Å²) in [5.41, 5.74) is 3.13. The van der Waals surface area contributed by atoms with Gasteiger partial charge < -0.3 is 31.1 Å².